The molecule has 0 aliphatic carbocycles. The maximum atomic E-state index is 13.1. The van der Waals surface area contributed by atoms with Gasteiger partial charge in [-0.3, -0.25) is 0 Å². The molecule has 0 saturated heterocycles. The second-order valence-electron chi connectivity index (χ2n) is 2.98. The summed E-state index contributed by atoms with van der Waals surface area (Å²) in [6, 6.07) is 3.67. The summed E-state index contributed by atoms with van der Waals surface area (Å²) in [6.07, 6.45) is 0. The molecule has 0 radical (unpaired) electrons. The Bertz CT molecular complexity index is 359. The van der Waals surface area contributed by atoms with E-state index in [1.54, 1.807) is 14.0 Å². The number of halogens is 2. The zero-order chi connectivity index (χ0) is 10.7. The van der Waals surface area contributed by atoms with E-state index in [2.05, 4.69) is 5.32 Å². The smallest absolute Gasteiger partial charge is 0.144 e. The zero-order valence-electron chi connectivity index (χ0n) is 7.94. The molecule has 0 heterocycles. The van der Waals surface area contributed by atoms with Gasteiger partial charge >= 0.3 is 0 Å². The Hall–Kier alpha value is -1.47. The summed E-state index contributed by atoms with van der Waals surface area (Å²) in [7, 11) is 1.69. The number of nitrogens with one attached hydrogen (secondary N) is 1. The van der Waals surface area contributed by atoms with Crippen molar-refractivity contribution < 1.29 is 8.78 Å². The van der Waals surface area contributed by atoms with E-state index in [0.717, 1.165) is 0 Å². The van der Waals surface area contributed by atoms with Crippen LogP contribution < -0.4 is 5.32 Å². The van der Waals surface area contributed by atoms with Crippen molar-refractivity contribution in [1.29, 1.82) is 5.26 Å². The first kappa shape index (κ1) is 10.6. The summed E-state index contributed by atoms with van der Waals surface area (Å²) in [5.41, 5.74) is -0.0430. The molecule has 0 aromatic heterocycles. The van der Waals surface area contributed by atoms with Gasteiger partial charge in [0, 0.05) is 6.04 Å². The van der Waals surface area contributed by atoms with Crippen LogP contribution in [-0.4, -0.2) is 7.05 Å². The van der Waals surface area contributed by atoms with E-state index in [4.69, 9.17) is 5.26 Å². The molecule has 74 valence electrons. The minimum Gasteiger partial charge on any atom is -0.313 e. The van der Waals surface area contributed by atoms with Crippen molar-refractivity contribution in [3.05, 3.63) is 34.9 Å². The van der Waals surface area contributed by atoms with Crippen LogP contribution in [0, 0.1) is 23.0 Å². The largest absolute Gasteiger partial charge is 0.313 e. The molecular formula is C10H10F2N2. The summed E-state index contributed by atoms with van der Waals surface area (Å²) >= 11 is 0. The van der Waals surface area contributed by atoms with Crippen molar-refractivity contribution in [2.75, 3.05) is 7.05 Å². The van der Waals surface area contributed by atoms with E-state index in [1.807, 2.05) is 0 Å². The number of nitriles is 1. The van der Waals surface area contributed by atoms with Gasteiger partial charge in [0.25, 0.3) is 0 Å². The molecule has 0 spiro atoms. The van der Waals surface area contributed by atoms with Crippen LogP contribution >= 0.6 is 0 Å². The average molecular weight is 196 g/mol. The Kier molecular flexibility index (Phi) is 3.15. The fourth-order valence-electron chi connectivity index (χ4n) is 1.12. The predicted octanol–water partition coefficient (Wildman–Crippen LogP) is 2.12. The number of rotatable bonds is 2. The summed E-state index contributed by atoms with van der Waals surface area (Å²) in [5.74, 6) is -1.63. The van der Waals surface area contributed by atoms with Gasteiger partial charge in [-0.1, -0.05) is 0 Å². The van der Waals surface area contributed by atoms with Gasteiger partial charge < -0.3 is 5.32 Å². The van der Waals surface area contributed by atoms with Gasteiger partial charge in [0.1, 0.15) is 23.3 Å². The summed E-state index contributed by atoms with van der Waals surface area (Å²) < 4.78 is 26.2. The molecular weight excluding hydrogens is 186 g/mol. The summed E-state index contributed by atoms with van der Waals surface area (Å²) in [4.78, 5) is 0. The monoisotopic (exact) mass is 196 g/mol. The van der Waals surface area contributed by atoms with Gasteiger partial charge in [-0.05, 0) is 31.7 Å². The highest BCUT2D eigenvalue weighted by Crippen LogP contribution is 2.19. The predicted molar refractivity (Wildman–Crippen MR) is 48.5 cm³/mol. The highest BCUT2D eigenvalue weighted by Gasteiger charge is 2.12. The lowest BCUT2D eigenvalue weighted by atomic mass is 10.1. The Morgan fingerprint density at radius 3 is 2.21 bits per heavy atom. The third-order valence-electron chi connectivity index (χ3n) is 2.11. The standard InChI is InChI=1S/C10H10F2N2/c1-6(14-2)7-3-9(11)8(5-13)10(12)4-7/h3-4,6,14H,1-2H3/t6-/m0/s1. The van der Waals surface area contributed by atoms with E-state index in [0.29, 0.717) is 5.56 Å². The first-order valence-electron chi connectivity index (χ1n) is 4.16. The number of hydrogen-bond donors (Lipinski definition) is 1. The molecule has 0 aliphatic heterocycles. The molecule has 1 N–H and O–H groups in total. The van der Waals surface area contributed by atoms with Crippen molar-refractivity contribution in [1.82, 2.24) is 5.32 Å². The first-order valence-corrected chi connectivity index (χ1v) is 4.16. The minimum atomic E-state index is -0.815. The van der Waals surface area contributed by atoms with Gasteiger partial charge in [-0.2, -0.15) is 5.26 Å². The van der Waals surface area contributed by atoms with E-state index in [9.17, 15) is 8.78 Å². The number of nitrogens with zero attached hydrogens (tertiary/aromatic N) is 1. The molecule has 1 aromatic rings. The maximum absolute atomic E-state index is 13.1. The van der Waals surface area contributed by atoms with E-state index < -0.39 is 17.2 Å². The highest BCUT2D eigenvalue weighted by molar-refractivity contribution is 5.36. The molecule has 1 rings (SSSR count). The third kappa shape index (κ3) is 1.88. The van der Waals surface area contributed by atoms with Crippen LogP contribution in [0.25, 0.3) is 0 Å². The van der Waals surface area contributed by atoms with Crippen molar-refractivity contribution in [3.63, 3.8) is 0 Å². The molecule has 0 aliphatic rings. The normalized spacial score (nSPS) is 12.2. The van der Waals surface area contributed by atoms with Crippen molar-refractivity contribution in [2.45, 2.75) is 13.0 Å². The summed E-state index contributed by atoms with van der Waals surface area (Å²) in [5, 5.41) is 11.3. The topological polar surface area (TPSA) is 35.8 Å². The Balaban J connectivity index is 3.22. The SMILES string of the molecule is CN[C@@H](C)c1cc(F)c(C#N)c(F)c1. The van der Waals surface area contributed by atoms with Crippen LogP contribution in [0.4, 0.5) is 8.78 Å². The second kappa shape index (κ2) is 4.16. The average Bonchev–Trinajstić information content (AvgIpc) is 2.16. The molecule has 2 nitrogen and oxygen atoms in total. The molecule has 14 heavy (non-hydrogen) atoms. The molecule has 0 unspecified atom stereocenters. The Morgan fingerprint density at radius 1 is 1.36 bits per heavy atom. The fourth-order valence-corrected chi connectivity index (χ4v) is 1.12. The van der Waals surface area contributed by atoms with Crippen LogP contribution in [-0.2, 0) is 0 Å². The van der Waals surface area contributed by atoms with Gasteiger partial charge in [0.15, 0.2) is 0 Å². The third-order valence-corrected chi connectivity index (χ3v) is 2.11. The lowest BCUT2D eigenvalue weighted by molar-refractivity contribution is 0.561. The van der Waals surface area contributed by atoms with Crippen LogP contribution in [0.15, 0.2) is 12.1 Å². The van der Waals surface area contributed by atoms with Gasteiger partial charge in [0.05, 0.1) is 0 Å². The van der Waals surface area contributed by atoms with Crippen LogP contribution in [0.2, 0.25) is 0 Å². The molecule has 4 heteroatoms. The number of hydrogen-bond acceptors (Lipinski definition) is 2. The van der Waals surface area contributed by atoms with Gasteiger partial charge in [0.2, 0.25) is 0 Å². The highest BCUT2D eigenvalue weighted by atomic mass is 19.1. The molecule has 0 amide bonds. The maximum Gasteiger partial charge on any atom is 0.144 e. The second-order valence-corrected chi connectivity index (χ2v) is 2.98. The summed E-state index contributed by atoms with van der Waals surface area (Å²) in [6.45, 7) is 1.78. The Labute approximate surface area is 81.2 Å². The van der Waals surface area contributed by atoms with Crippen molar-refractivity contribution in [2.24, 2.45) is 0 Å². The van der Waals surface area contributed by atoms with Crippen LogP contribution in [0.3, 0.4) is 0 Å². The first-order chi connectivity index (χ1) is 6.60. The molecule has 1 aromatic carbocycles. The Morgan fingerprint density at radius 2 is 1.86 bits per heavy atom. The van der Waals surface area contributed by atoms with Crippen molar-refractivity contribution >= 4 is 0 Å². The van der Waals surface area contributed by atoms with Crippen LogP contribution in [0.5, 0.6) is 0 Å². The van der Waals surface area contributed by atoms with E-state index >= 15 is 0 Å². The fraction of sp³-hybridized carbons (Fsp3) is 0.300. The van der Waals surface area contributed by atoms with Gasteiger partial charge in [-0.25, -0.2) is 8.78 Å². The van der Waals surface area contributed by atoms with E-state index in [1.165, 1.54) is 18.2 Å². The van der Waals surface area contributed by atoms with Gasteiger partial charge in [-0.15, -0.1) is 0 Å². The molecule has 1 atom stereocenters. The molecule has 0 fully saturated rings. The van der Waals surface area contributed by atoms with Crippen molar-refractivity contribution in [3.8, 4) is 6.07 Å². The van der Waals surface area contributed by atoms with E-state index in [-0.39, 0.29) is 6.04 Å². The number of benzene rings is 1. The quantitative estimate of drug-likeness (QED) is 0.786. The molecule has 0 bridgehead atoms. The lowest BCUT2D eigenvalue weighted by Gasteiger charge is -2.11. The minimum absolute atomic E-state index is 0.147. The lowest BCUT2D eigenvalue weighted by Crippen LogP contribution is -2.13. The molecule has 0 saturated carbocycles. The zero-order valence-corrected chi connectivity index (χ0v) is 7.94. The van der Waals surface area contributed by atoms with Crippen LogP contribution in [0.1, 0.15) is 24.1 Å².